The number of rotatable bonds is 11. The number of benzene rings is 1. The lowest BCUT2D eigenvalue weighted by atomic mass is 9.80. The highest BCUT2D eigenvalue weighted by Crippen LogP contribution is 2.37. The van der Waals surface area contributed by atoms with Crippen LogP contribution in [0.5, 0.6) is 5.75 Å². The van der Waals surface area contributed by atoms with Crippen molar-refractivity contribution in [1.82, 2.24) is 25.3 Å². The molecule has 2 saturated heterocycles. The van der Waals surface area contributed by atoms with Crippen molar-refractivity contribution in [3.8, 4) is 5.75 Å². The van der Waals surface area contributed by atoms with Gasteiger partial charge >= 0.3 is 6.09 Å². The molecule has 0 bridgehead atoms. The van der Waals surface area contributed by atoms with E-state index in [1.165, 1.54) is 24.2 Å². The molecule has 0 atom stereocenters. The van der Waals surface area contributed by atoms with Crippen LogP contribution in [0.15, 0.2) is 52.9 Å². The maximum Gasteiger partial charge on any atom is 0.404 e. The Kier molecular flexibility index (Phi) is 10.8. The van der Waals surface area contributed by atoms with Gasteiger partial charge in [0.15, 0.2) is 5.75 Å². The van der Waals surface area contributed by atoms with Crippen LogP contribution in [0.2, 0.25) is 5.02 Å². The van der Waals surface area contributed by atoms with E-state index in [2.05, 4.69) is 47.3 Å². The highest BCUT2D eigenvalue weighted by Gasteiger charge is 2.31. The first-order chi connectivity index (χ1) is 21.7. The van der Waals surface area contributed by atoms with Crippen molar-refractivity contribution in [3.63, 3.8) is 0 Å². The van der Waals surface area contributed by atoms with E-state index in [1.54, 1.807) is 18.5 Å². The van der Waals surface area contributed by atoms with Crippen molar-refractivity contribution in [2.24, 2.45) is 11.3 Å². The number of carbonyl (C=O) groups is 2. The summed E-state index contributed by atoms with van der Waals surface area (Å²) in [5.74, 6) is 1.99. The zero-order valence-corrected chi connectivity index (χ0v) is 26.9. The van der Waals surface area contributed by atoms with Crippen molar-refractivity contribution in [2.75, 3.05) is 47.8 Å². The van der Waals surface area contributed by atoms with Crippen molar-refractivity contribution in [1.29, 1.82) is 0 Å². The molecule has 14 heteroatoms. The van der Waals surface area contributed by atoms with Crippen molar-refractivity contribution in [3.05, 3.63) is 48.0 Å². The number of nitrogens with one attached hydrogen (secondary N) is 2. The van der Waals surface area contributed by atoms with Gasteiger partial charge in [0, 0.05) is 44.0 Å². The molecule has 2 fully saturated rings. The normalized spacial score (nSPS) is 16.8. The van der Waals surface area contributed by atoms with Gasteiger partial charge in [-0.3, -0.25) is 4.79 Å². The van der Waals surface area contributed by atoms with Crippen LogP contribution in [-0.2, 0) is 4.79 Å². The zero-order valence-electron chi connectivity index (χ0n) is 25.3. The maximum atomic E-state index is 12.8. The van der Waals surface area contributed by atoms with E-state index in [4.69, 9.17) is 16.7 Å². The van der Waals surface area contributed by atoms with Crippen LogP contribution in [0.4, 0.5) is 22.2 Å². The van der Waals surface area contributed by atoms with E-state index in [0.717, 1.165) is 75.4 Å². The van der Waals surface area contributed by atoms with Gasteiger partial charge in [-0.05, 0) is 62.0 Å². The molecule has 5 rings (SSSR count). The van der Waals surface area contributed by atoms with Crippen LogP contribution in [0.3, 0.4) is 0 Å². The quantitative estimate of drug-likeness (QED) is 0.202. The minimum absolute atomic E-state index is 0.0607. The molecule has 45 heavy (non-hydrogen) atoms. The highest BCUT2D eigenvalue weighted by atomic mass is 35.5. The van der Waals surface area contributed by atoms with E-state index in [1.807, 2.05) is 12.1 Å². The second-order valence-electron chi connectivity index (χ2n) is 12.0. The average molecular weight is 655 g/mol. The summed E-state index contributed by atoms with van der Waals surface area (Å²) < 4.78 is 0. The Morgan fingerprint density at radius 2 is 1.76 bits per heavy atom. The standard InChI is InChI=1S/C31H39ClN8O4S/c1-31(20-37-30(43)44)10-14-39(15-11-31)25-18-34-27(19-33-25)45-24-6-3-5-23(28(24)32)38-26(42)7-2-4-21-8-12-40(13-9-21)29-35-16-22(41)17-36-29/h3,5-6,16-19,21,37,41H,2,4,7-15,20H2,1H3,(H,38,42)(H,43,44). The van der Waals surface area contributed by atoms with Crippen LogP contribution in [-0.4, -0.2) is 74.9 Å². The average Bonchev–Trinajstić information content (AvgIpc) is 3.04. The van der Waals surface area contributed by atoms with E-state index < -0.39 is 6.09 Å². The third kappa shape index (κ3) is 9.10. The molecule has 1 aromatic carbocycles. The zero-order chi connectivity index (χ0) is 31.8. The molecule has 12 nitrogen and oxygen atoms in total. The molecule has 0 aliphatic carbocycles. The Hall–Kier alpha value is -3.84. The molecule has 0 unspecified atom stereocenters. The van der Waals surface area contributed by atoms with Gasteiger partial charge in [0.2, 0.25) is 11.9 Å². The van der Waals surface area contributed by atoms with Crippen LogP contribution >= 0.6 is 23.4 Å². The molecule has 2 aliphatic heterocycles. The Bertz CT molecular complexity index is 1450. The summed E-state index contributed by atoms with van der Waals surface area (Å²) in [6.45, 7) is 5.83. The number of piperidine rings is 2. The molecule has 0 saturated carbocycles. The minimum Gasteiger partial charge on any atom is -0.505 e. The largest absolute Gasteiger partial charge is 0.505 e. The summed E-state index contributed by atoms with van der Waals surface area (Å²) in [4.78, 5) is 46.3. The smallest absolute Gasteiger partial charge is 0.404 e. The number of aromatic hydroxyl groups is 1. The fraction of sp³-hybridized carbons (Fsp3) is 0.484. The van der Waals surface area contributed by atoms with E-state index in [0.29, 0.717) is 40.6 Å². The topological polar surface area (TPSA) is 157 Å². The van der Waals surface area contributed by atoms with E-state index in [-0.39, 0.29) is 17.1 Å². The van der Waals surface area contributed by atoms with E-state index >= 15 is 0 Å². The lowest BCUT2D eigenvalue weighted by Gasteiger charge is -2.39. The molecule has 4 heterocycles. The van der Waals surface area contributed by atoms with Gasteiger partial charge in [-0.2, -0.15) is 0 Å². The molecule has 2 amide bonds. The SMILES string of the molecule is CC1(CNC(=O)O)CCN(c2cnc(Sc3cccc(NC(=O)CCCC4CCN(c5ncc(O)cn5)CC4)c3Cl)cn2)CC1. The first-order valence-corrected chi connectivity index (χ1v) is 16.4. The molecular formula is C31H39ClN8O4S. The summed E-state index contributed by atoms with van der Waals surface area (Å²) in [5.41, 5.74) is 0.506. The van der Waals surface area contributed by atoms with Gasteiger partial charge in [-0.15, -0.1) is 0 Å². The first-order valence-electron chi connectivity index (χ1n) is 15.2. The number of halogens is 1. The maximum absolute atomic E-state index is 12.8. The van der Waals surface area contributed by atoms with Gasteiger partial charge in [0.25, 0.3) is 0 Å². The van der Waals surface area contributed by atoms with Crippen LogP contribution < -0.4 is 20.4 Å². The van der Waals surface area contributed by atoms with Crippen molar-refractivity contribution in [2.45, 2.75) is 61.8 Å². The Morgan fingerprint density at radius 3 is 2.42 bits per heavy atom. The minimum atomic E-state index is -0.992. The third-order valence-electron chi connectivity index (χ3n) is 8.57. The predicted molar refractivity (Wildman–Crippen MR) is 174 cm³/mol. The monoisotopic (exact) mass is 654 g/mol. The van der Waals surface area contributed by atoms with Crippen LogP contribution in [0.25, 0.3) is 0 Å². The molecule has 240 valence electrons. The fourth-order valence-corrected chi connectivity index (χ4v) is 6.80. The van der Waals surface area contributed by atoms with E-state index in [9.17, 15) is 14.7 Å². The number of anilines is 3. The van der Waals surface area contributed by atoms with Crippen LogP contribution in [0.1, 0.15) is 51.9 Å². The summed E-state index contributed by atoms with van der Waals surface area (Å²) >= 11 is 8.08. The molecule has 2 aliphatic rings. The number of hydrogen-bond donors (Lipinski definition) is 4. The Balaban J connectivity index is 1.05. The molecule has 0 spiro atoms. The molecule has 3 aromatic rings. The molecule has 0 radical (unpaired) electrons. The lowest BCUT2D eigenvalue weighted by molar-refractivity contribution is -0.116. The Morgan fingerprint density at radius 1 is 1.02 bits per heavy atom. The molecule has 4 N–H and O–H groups in total. The number of carboxylic acid groups (broad SMARTS) is 1. The number of hydrogen-bond acceptors (Lipinski definition) is 10. The van der Waals surface area contributed by atoms with Gasteiger partial charge in [-0.25, -0.2) is 24.7 Å². The summed E-state index contributed by atoms with van der Waals surface area (Å²) in [5, 5.41) is 25.0. The highest BCUT2D eigenvalue weighted by molar-refractivity contribution is 7.99. The second-order valence-corrected chi connectivity index (χ2v) is 13.4. The number of amides is 2. The molecule has 2 aromatic heterocycles. The second kappa shape index (κ2) is 15.0. The Labute approximate surface area is 272 Å². The van der Waals surface area contributed by atoms with Crippen molar-refractivity contribution < 1.29 is 19.8 Å². The predicted octanol–water partition coefficient (Wildman–Crippen LogP) is 5.68. The summed E-state index contributed by atoms with van der Waals surface area (Å²) in [6, 6.07) is 5.56. The summed E-state index contributed by atoms with van der Waals surface area (Å²) in [6.07, 6.45) is 11.3. The number of carbonyl (C=O) groups excluding carboxylic acids is 1. The first kappa shape index (κ1) is 32.6. The molecular weight excluding hydrogens is 616 g/mol. The van der Waals surface area contributed by atoms with Gasteiger partial charge in [0.1, 0.15) is 10.8 Å². The fourth-order valence-electron chi connectivity index (χ4n) is 5.73. The third-order valence-corrected chi connectivity index (χ3v) is 10.1. The van der Waals surface area contributed by atoms with Crippen molar-refractivity contribution >= 4 is 52.8 Å². The van der Waals surface area contributed by atoms with Gasteiger partial charge in [-0.1, -0.05) is 36.4 Å². The van der Waals surface area contributed by atoms with Crippen LogP contribution in [0, 0.1) is 11.3 Å². The van der Waals surface area contributed by atoms with Gasteiger partial charge in [0.05, 0.1) is 35.5 Å². The van der Waals surface area contributed by atoms with Gasteiger partial charge < -0.3 is 30.6 Å². The lowest BCUT2D eigenvalue weighted by Crippen LogP contribution is -2.44. The number of aromatic nitrogens is 4. The number of nitrogens with zero attached hydrogens (tertiary/aromatic N) is 6. The summed E-state index contributed by atoms with van der Waals surface area (Å²) in [7, 11) is 0.